The molecule has 0 saturated carbocycles. The molecule has 0 radical (unpaired) electrons. The summed E-state index contributed by atoms with van der Waals surface area (Å²) < 4.78 is 5.65. The Morgan fingerprint density at radius 3 is 2.46 bits per heavy atom. The van der Waals surface area contributed by atoms with Gasteiger partial charge in [-0.15, -0.1) is 0 Å². The molecule has 0 aliphatic carbocycles. The van der Waals surface area contributed by atoms with Crippen LogP contribution in [0, 0.1) is 17.0 Å². The number of hydrogen-bond acceptors (Lipinski definition) is 7. The number of nitrogens with one attached hydrogen (secondary N) is 1. The number of nitrogens with two attached hydrogens (primary N) is 1. The third kappa shape index (κ3) is 8.66. The molecule has 210 valence electrons. The predicted molar refractivity (Wildman–Crippen MR) is 158 cm³/mol. The number of aryl methyl sites for hydroxylation is 1. The summed E-state index contributed by atoms with van der Waals surface area (Å²) >= 11 is 0. The van der Waals surface area contributed by atoms with Crippen LogP contribution in [-0.2, 0) is 9.53 Å². The van der Waals surface area contributed by atoms with Gasteiger partial charge in [0.2, 0.25) is 5.91 Å². The molecular weight excluding hydrogens is 494 g/mol. The van der Waals surface area contributed by atoms with E-state index >= 15 is 0 Å². The van der Waals surface area contributed by atoms with Crippen molar-refractivity contribution in [3.8, 4) is 0 Å². The third-order valence-corrected chi connectivity index (χ3v) is 7.13. The van der Waals surface area contributed by atoms with Gasteiger partial charge in [0.1, 0.15) is 6.61 Å². The van der Waals surface area contributed by atoms with E-state index in [0.29, 0.717) is 12.3 Å². The number of anilines is 2. The Labute approximate surface area is 231 Å². The van der Waals surface area contributed by atoms with Crippen LogP contribution in [0.2, 0.25) is 0 Å². The SMILES string of the molecule is CCC/C=C(C)/C(C)=C(/N)c1cc(NC(=O)COCCN2CCN(c3ccc([N+](=O)[O-])cc3)CC2)ccc1C. The Bertz CT molecular complexity index is 1200. The molecule has 1 aliphatic heterocycles. The fourth-order valence-electron chi connectivity index (χ4n) is 4.49. The molecule has 0 atom stereocenters. The van der Waals surface area contributed by atoms with Gasteiger partial charge in [-0.05, 0) is 62.6 Å². The number of nitro benzene ring substituents is 1. The second-order valence-electron chi connectivity index (χ2n) is 9.95. The minimum Gasteiger partial charge on any atom is -0.398 e. The predicted octanol–water partition coefficient (Wildman–Crippen LogP) is 5.12. The lowest BCUT2D eigenvalue weighted by Crippen LogP contribution is -2.47. The summed E-state index contributed by atoms with van der Waals surface area (Å²) in [6, 6.07) is 12.4. The van der Waals surface area contributed by atoms with E-state index in [2.05, 4.69) is 35.0 Å². The number of non-ortho nitro benzene ring substituents is 1. The van der Waals surface area contributed by atoms with E-state index < -0.39 is 0 Å². The van der Waals surface area contributed by atoms with Gasteiger partial charge in [0, 0.05) is 67.5 Å². The summed E-state index contributed by atoms with van der Waals surface area (Å²) in [5, 5.41) is 13.8. The fourth-order valence-corrected chi connectivity index (χ4v) is 4.49. The normalized spacial score (nSPS) is 15.2. The molecule has 3 N–H and O–H groups in total. The Hall–Kier alpha value is -3.69. The number of rotatable bonds is 12. The van der Waals surface area contributed by atoms with Crippen molar-refractivity contribution >= 4 is 28.7 Å². The van der Waals surface area contributed by atoms with Gasteiger partial charge in [-0.1, -0.05) is 31.1 Å². The number of carbonyl (C=O) groups is 1. The fraction of sp³-hybridized carbons (Fsp3) is 0.433. The van der Waals surface area contributed by atoms with Gasteiger partial charge in [0.15, 0.2) is 0 Å². The highest BCUT2D eigenvalue weighted by atomic mass is 16.6. The zero-order chi connectivity index (χ0) is 28.4. The van der Waals surface area contributed by atoms with Gasteiger partial charge in [0.05, 0.1) is 11.5 Å². The summed E-state index contributed by atoms with van der Waals surface area (Å²) in [5.41, 5.74) is 13.2. The monoisotopic (exact) mass is 535 g/mol. The highest BCUT2D eigenvalue weighted by Gasteiger charge is 2.18. The minimum atomic E-state index is -0.386. The van der Waals surface area contributed by atoms with Crippen molar-refractivity contribution in [2.75, 3.05) is 56.2 Å². The zero-order valence-corrected chi connectivity index (χ0v) is 23.5. The van der Waals surface area contributed by atoms with Crippen LogP contribution in [-0.4, -0.2) is 61.7 Å². The second-order valence-corrected chi connectivity index (χ2v) is 9.95. The van der Waals surface area contributed by atoms with Gasteiger partial charge in [-0.3, -0.25) is 19.8 Å². The van der Waals surface area contributed by atoms with Crippen molar-refractivity contribution in [1.82, 2.24) is 4.90 Å². The van der Waals surface area contributed by atoms with Gasteiger partial charge in [0.25, 0.3) is 5.69 Å². The molecule has 0 bridgehead atoms. The Kier molecular flexibility index (Phi) is 11.1. The Morgan fingerprint density at radius 2 is 1.82 bits per heavy atom. The maximum atomic E-state index is 12.5. The highest BCUT2D eigenvalue weighted by molar-refractivity contribution is 5.92. The number of benzene rings is 2. The molecule has 0 spiro atoms. The summed E-state index contributed by atoms with van der Waals surface area (Å²) in [5.74, 6) is -0.203. The minimum absolute atomic E-state index is 0.0187. The molecule has 2 aromatic rings. The van der Waals surface area contributed by atoms with E-state index in [4.69, 9.17) is 10.5 Å². The van der Waals surface area contributed by atoms with E-state index in [1.165, 1.54) is 17.7 Å². The number of nitro groups is 1. The van der Waals surface area contributed by atoms with Gasteiger partial charge in [-0.2, -0.15) is 0 Å². The van der Waals surface area contributed by atoms with E-state index in [-0.39, 0.29) is 23.1 Å². The number of hydrogen-bond donors (Lipinski definition) is 2. The zero-order valence-electron chi connectivity index (χ0n) is 23.5. The first-order valence-corrected chi connectivity index (χ1v) is 13.5. The molecule has 9 nitrogen and oxygen atoms in total. The van der Waals surface area contributed by atoms with Crippen LogP contribution in [0.25, 0.3) is 5.70 Å². The molecule has 9 heteroatoms. The number of nitrogens with zero attached hydrogens (tertiary/aromatic N) is 3. The van der Waals surface area contributed by atoms with Crippen LogP contribution in [0.1, 0.15) is 44.7 Å². The standard InChI is InChI=1S/C30H41N5O4/c1-5-6-7-22(2)24(4)30(31)28-20-25(9-8-23(28)3)32-29(36)21-39-19-18-33-14-16-34(17-15-33)26-10-12-27(13-11-26)35(37)38/h7-13,20H,5-6,14-19,21,31H2,1-4H3,(H,32,36)/b22-7+,30-24+. The van der Waals surface area contributed by atoms with Crippen molar-refractivity contribution < 1.29 is 14.5 Å². The number of piperazine rings is 1. The quantitative estimate of drug-likeness (QED) is 0.168. The maximum absolute atomic E-state index is 12.5. The molecule has 2 aromatic carbocycles. The molecule has 1 saturated heterocycles. The Balaban J connectivity index is 1.43. The molecule has 0 aromatic heterocycles. The number of ether oxygens (including phenoxy) is 1. The van der Waals surface area contributed by atoms with Crippen molar-refractivity contribution in [2.45, 2.75) is 40.5 Å². The van der Waals surface area contributed by atoms with Gasteiger partial charge in [-0.25, -0.2) is 0 Å². The van der Waals surface area contributed by atoms with Crippen molar-refractivity contribution in [3.63, 3.8) is 0 Å². The molecule has 0 unspecified atom stereocenters. The molecule has 1 aliphatic rings. The average Bonchev–Trinajstić information content (AvgIpc) is 2.94. The van der Waals surface area contributed by atoms with E-state index in [0.717, 1.165) is 73.6 Å². The van der Waals surface area contributed by atoms with Gasteiger partial charge >= 0.3 is 0 Å². The lowest BCUT2D eigenvalue weighted by atomic mass is 9.98. The average molecular weight is 536 g/mol. The third-order valence-electron chi connectivity index (χ3n) is 7.13. The van der Waals surface area contributed by atoms with Crippen LogP contribution in [0.15, 0.2) is 59.7 Å². The number of allylic oxidation sites excluding steroid dienone is 3. The van der Waals surface area contributed by atoms with Crippen LogP contribution in [0.4, 0.5) is 17.1 Å². The van der Waals surface area contributed by atoms with Crippen LogP contribution < -0.4 is 16.0 Å². The first-order chi connectivity index (χ1) is 18.7. The smallest absolute Gasteiger partial charge is 0.269 e. The van der Waals surface area contributed by atoms with Crippen LogP contribution >= 0.6 is 0 Å². The lowest BCUT2D eigenvalue weighted by molar-refractivity contribution is -0.384. The van der Waals surface area contributed by atoms with E-state index in [9.17, 15) is 14.9 Å². The van der Waals surface area contributed by atoms with Crippen molar-refractivity contribution in [3.05, 3.63) is 80.9 Å². The topological polar surface area (TPSA) is 114 Å². The maximum Gasteiger partial charge on any atom is 0.269 e. The van der Waals surface area contributed by atoms with Crippen LogP contribution in [0.3, 0.4) is 0 Å². The molecule has 1 amide bonds. The first kappa shape index (κ1) is 29.9. The largest absolute Gasteiger partial charge is 0.398 e. The van der Waals surface area contributed by atoms with Crippen LogP contribution in [0.5, 0.6) is 0 Å². The Morgan fingerprint density at radius 1 is 1.13 bits per heavy atom. The second kappa shape index (κ2) is 14.5. The summed E-state index contributed by atoms with van der Waals surface area (Å²) in [6.07, 6.45) is 4.32. The number of amides is 1. The molecule has 39 heavy (non-hydrogen) atoms. The number of unbranched alkanes of at least 4 members (excludes halogenated alkanes) is 1. The van der Waals surface area contributed by atoms with Gasteiger partial charge < -0.3 is 20.7 Å². The van der Waals surface area contributed by atoms with E-state index in [1.54, 1.807) is 12.1 Å². The van der Waals surface area contributed by atoms with Crippen molar-refractivity contribution in [1.29, 1.82) is 0 Å². The molecule has 1 fully saturated rings. The number of carbonyl (C=O) groups excluding carboxylic acids is 1. The molecular formula is C30H41N5O4. The first-order valence-electron chi connectivity index (χ1n) is 13.5. The highest BCUT2D eigenvalue weighted by Crippen LogP contribution is 2.25. The molecule has 1 heterocycles. The lowest BCUT2D eigenvalue weighted by Gasteiger charge is -2.36. The summed E-state index contributed by atoms with van der Waals surface area (Å²) in [6.45, 7) is 12.8. The summed E-state index contributed by atoms with van der Waals surface area (Å²) in [4.78, 5) is 27.5. The summed E-state index contributed by atoms with van der Waals surface area (Å²) in [7, 11) is 0. The van der Waals surface area contributed by atoms with Crippen molar-refractivity contribution in [2.24, 2.45) is 5.73 Å². The van der Waals surface area contributed by atoms with E-state index in [1.807, 2.05) is 32.0 Å². The molecule has 3 rings (SSSR count).